The summed E-state index contributed by atoms with van der Waals surface area (Å²) < 4.78 is 0. The first-order chi connectivity index (χ1) is 14.2. The van der Waals surface area contributed by atoms with Crippen molar-refractivity contribution >= 4 is 0 Å². The summed E-state index contributed by atoms with van der Waals surface area (Å²) in [5, 5.41) is 0. The van der Waals surface area contributed by atoms with Crippen LogP contribution in [0.3, 0.4) is 0 Å². The van der Waals surface area contributed by atoms with Gasteiger partial charge in [-0.3, -0.25) is 0 Å². The molecule has 1 saturated carbocycles. The van der Waals surface area contributed by atoms with Gasteiger partial charge in [-0.2, -0.15) is 0 Å². The van der Waals surface area contributed by atoms with Gasteiger partial charge in [0.25, 0.3) is 0 Å². The number of rotatable bonds is 8. The molecule has 0 aromatic carbocycles. The summed E-state index contributed by atoms with van der Waals surface area (Å²) in [6.07, 6.45) is 10.1. The number of hydrogen-bond acceptors (Lipinski definition) is 3. The lowest BCUT2D eigenvalue weighted by atomic mass is 9.80. The number of likely N-dealkylation sites (tertiary alicyclic amines) is 2. The predicted molar refractivity (Wildman–Crippen MR) is 131 cm³/mol. The van der Waals surface area contributed by atoms with Gasteiger partial charge in [0.2, 0.25) is 0 Å². The van der Waals surface area contributed by atoms with Gasteiger partial charge in [0, 0.05) is 25.2 Å². The van der Waals surface area contributed by atoms with Gasteiger partial charge < -0.3 is 14.7 Å². The van der Waals surface area contributed by atoms with Crippen molar-refractivity contribution in [2.75, 3.05) is 47.8 Å². The predicted octanol–water partition coefficient (Wildman–Crippen LogP) is 5.31. The third-order valence-corrected chi connectivity index (χ3v) is 9.53. The molecule has 0 bridgehead atoms. The van der Waals surface area contributed by atoms with Gasteiger partial charge in [-0.25, -0.2) is 0 Å². The molecule has 3 heteroatoms. The van der Waals surface area contributed by atoms with Gasteiger partial charge >= 0.3 is 0 Å². The summed E-state index contributed by atoms with van der Waals surface area (Å²) in [5.74, 6) is 6.25. The summed E-state index contributed by atoms with van der Waals surface area (Å²) >= 11 is 0. The molecule has 0 N–H and O–H groups in total. The zero-order chi connectivity index (χ0) is 22.0. The highest BCUT2D eigenvalue weighted by atomic mass is 15.2. The van der Waals surface area contributed by atoms with E-state index in [1.165, 1.54) is 64.6 Å². The highest BCUT2D eigenvalue weighted by Crippen LogP contribution is 2.43. The van der Waals surface area contributed by atoms with E-state index in [0.717, 1.165) is 53.5 Å². The molecule has 3 aliphatic rings. The average molecular weight is 420 g/mol. The molecule has 176 valence electrons. The highest BCUT2D eigenvalue weighted by molar-refractivity contribution is 4.93. The van der Waals surface area contributed by atoms with E-state index in [-0.39, 0.29) is 0 Å². The van der Waals surface area contributed by atoms with Crippen LogP contribution in [0.15, 0.2) is 0 Å². The van der Waals surface area contributed by atoms with E-state index in [0.29, 0.717) is 0 Å². The Labute approximate surface area is 188 Å². The van der Waals surface area contributed by atoms with Crippen molar-refractivity contribution in [1.29, 1.82) is 0 Å². The minimum atomic E-state index is 0.802. The normalized spacial score (nSPS) is 38.6. The van der Waals surface area contributed by atoms with Crippen LogP contribution in [-0.2, 0) is 0 Å². The Morgan fingerprint density at radius 1 is 0.867 bits per heavy atom. The number of hydrogen-bond donors (Lipinski definition) is 0. The summed E-state index contributed by atoms with van der Waals surface area (Å²) in [7, 11) is 9.32. The van der Waals surface area contributed by atoms with Crippen molar-refractivity contribution in [1.82, 2.24) is 14.7 Å². The van der Waals surface area contributed by atoms with Crippen LogP contribution in [0.4, 0.5) is 0 Å². The van der Waals surface area contributed by atoms with E-state index in [1.807, 2.05) is 0 Å². The fourth-order valence-corrected chi connectivity index (χ4v) is 7.48. The molecule has 0 amide bonds. The highest BCUT2D eigenvalue weighted by Gasteiger charge is 2.40. The van der Waals surface area contributed by atoms with Crippen LogP contribution in [-0.4, -0.2) is 74.6 Å². The minimum Gasteiger partial charge on any atom is -0.306 e. The van der Waals surface area contributed by atoms with Crippen molar-refractivity contribution in [3.63, 3.8) is 0 Å². The van der Waals surface area contributed by atoms with Gasteiger partial charge in [0.15, 0.2) is 0 Å². The van der Waals surface area contributed by atoms with E-state index in [1.54, 1.807) is 0 Å². The summed E-state index contributed by atoms with van der Waals surface area (Å²) in [5.41, 5.74) is 0. The first kappa shape index (κ1) is 24.5. The van der Waals surface area contributed by atoms with E-state index >= 15 is 0 Å². The Hall–Kier alpha value is -0.120. The maximum atomic E-state index is 2.72. The molecule has 0 spiro atoms. The van der Waals surface area contributed by atoms with Crippen LogP contribution < -0.4 is 0 Å². The van der Waals surface area contributed by atoms with Gasteiger partial charge in [-0.05, 0) is 121 Å². The minimum absolute atomic E-state index is 0.802. The molecule has 8 atom stereocenters. The standard InChI is InChI=1S/C27H53N3/c1-19(2)26-14-22(15-27(26)28(5)6)12-20(3)24-16-25(30(8)18-24)13-21(4)23-10-9-11-29(7)17-23/h19-27H,9-18H2,1-8H3/t20?,21?,22?,23?,24?,25?,26-,27+/m0/s1. The van der Waals surface area contributed by atoms with Crippen molar-refractivity contribution in [2.45, 2.75) is 84.7 Å². The topological polar surface area (TPSA) is 9.72 Å². The number of piperidine rings is 1. The van der Waals surface area contributed by atoms with E-state index in [4.69, 9.17) is 0 Å². The van der Waals surface area contributed by atoms with Gasteiger partial charge in [0.1, 0.15) is 0 Å². The lowest BCUT2D eigenvalue weighted by Gasteiger charge is -2.35. The van der Waals surface area contributed by atoms with Crippen LogP contribution >= 0.6 is 0 Å². The molecule has 6 unspecified atom stereocenters. The SMILES string of the molecule is CC(CC1CC(C(C)CC2C[C@@H](N(C)C)[C@H](C(C)C)C2)CN1C)C1CCCN(C)C1. The van der Waals surface area contributed by atoms with Crippen molar-refractivity contribution in [2.24, 2.45) is 41.4 Å². The monoisotopic (exact) mass is 419 g/mol. The van der Waals surface area contributed by atoms with Crippen LogP contribution in [0.25, 0.3) is 0 Å². The largest absolute Gasteiger partial charge is 0.306 e. The number of nitrogens with zero attached hydrogens (tertiary/aromatic N) is 3. The molecule has 0 aromatic rings. The molecular weight excluding hydrogens is 366 g/mol. The molecule has 2 aliphatic heterocycles. The third kappa shape index (κ3) is 6.01. The Bertz CT molecular complexity index is 502. The fraction of sp³-hybridized carbons (Fsp3) is 1.00. The lowest BCUT2D eigenvalue weighted by Crippen LogP contribution is -2.37. The van der Waals surface area contributed by atoms with Gasteiger partial charge in [-0.1, -0.05) is 27.7 Å². The second-order valence-corrected chi connectivity index (χ2v) is 12.5. The van der Waals surface area contributed by atoms with Crippen molar-refractivity contribution in [3.8, 4) is 0 Å². The zero-order valence-corrected chi connectivity index (χ0v) is 21.6. The second-order valence-electron chi connectivity index (χ2n) is 12.5. The third-order valence-electron chi connectivity index (χ3n) is 9.53. The van der Waals surface area contributed by atoms with Crippen LogP contribution in [0, 0.1) is 41.4 Å². The maximum Gasteiger partial charge on any atom is 0.0123 e. The smallest absolute Gasteiger partial charge is 0.0123 e. The lowest BCUT2D eigenvalue weighted by molar-refractivity contribution is 0.142. The van der Waals surface area contributed by atoms with Gasteiger partial charge in [-0.15, -0.1) is 0 Å². The van der Waals surface area contributed by atoms with E-state index in [9.17, 15) is 0 Å². The van der Waals surface area contributed by atoms with Crippen LogP contribution in [0.1, 0.15) is 72.6 Å². The Kier molecular flexibility index (Phi) is 8.72. The van der Waals surface area contributed by atoms with Crippen molar-refractivity contribution < 1.29 is 0 Å². The molecule has 3 rings (SSSR count). The molecule has 0 aromatic heterocycles. The average Bonchev–Trinajstić information content (AvgIpc) is 3.26. The van der Waals surface area contributed by atoms with E-state index in [2.05, 4.69) is 70.6 Å². The zero-order valence-electron chi connectivity index (χ0n) is 21.6. The molecule has 2 heterocycles. The molecule has 0 radical (unpaired) electrons. The summed E-state index contributed by atoms with van der Waals surface area (Å²) in [6, 6.07) is 1.62. The molecule has 1 aliphatic carbocycles. The second kappa shape index (κ2) is 10.7. The molecule has 30 heavy (non-hydrogen) atoms. The first-order valence-electron chi connectivity index (χ1n) is 13.2. The summed E-state index contributed by atoms with van der Waals surface area (Å²) in [4.78, 5) is 7.79. The fourth-order valence-electron chi connectivity index (χ4n) is 7.48. The van der Waals surface area contributed by atoms with Crippen LogP contribution in [0.2, 0.25) is 0 Å². The van der Waals surface area contributed by atoms with Crippen molar-refractivity contribution in [3.05, 3.63) is 0 Å². The first-order valence-corrected chi connectivity index (χ1v) is 13.2. The van der Waals surface area contributed by atoms with E-state index < -0.39 is 0 Å². The quantitative estimate of drug-likeness (QED) is 0.527. The van der Waals surface area contributed by atoms with Gasteiger partial charge in [0.05, 0.1) is 0 Å². The Morgan fingerprint density at radius 3 is 2.17 bits per heavy atom. The molecular formula is C27H53N3. The maximum absolute atomic E-state index is 2.72. The Balaban J connectivity index is 1.49. The summed E-state index contributed by atoms with van der Waals surface area (Å²) in [6.45, 7) is 14.0. The van der Waals surface area contributed by atoms with Crippen LogP contribution in [0.5, 0.6) is 0 Å². The molecule has 3 nitrogen and oxygen atoms in total. The Morgan fingerprint density at radius 2 is 1.57 bits per heavy atom. The molecule has 3 fully saturated rings. The molecule has 2 saturated heterocycles.